The van der Waals surface area contributed by atoms with Gasteiger partial charge in [-0.15, -0.1) is 0 Å². The van der Waals surface area contributed by atoms with Crippen LogP contribution < -0.4 is 14.5 Å². The number of carbonyl (C=O) groups is 1. The lowest BCUT2D eigenvalue weighted by atomic mass is 10.2. The molecule has 1 amide bonds. The number of aromatic nitrogens is 1. The number of nitrogens with one attached hydrogen (secondary N) is 1. The fourth-order valence-electron chi connectivity index (χ4n) is 3.09. The summed E-state index contributed by atoms with van der Waals surface area (Å²) in [6, 6.07) is 8.87. The second kappa shape index (κ2) is 7.96. The number of rotatable bonds is 6. The molecule has 3 aromatic rings. The predicted molar refractivity (Wildman–Crippen MR) is 114 cm³/mol. The van der Waals surface area contributed by atoms with Crippen LogP contribution in [0.4, 0.5) is 15.8 Å². The number of sulfonamides is 1. The summed E-state index contributed by atoms with van der Waals surface area (Å²) >= 11 is 1.08. The molecule has 1 aromatic heterocycles. The summed E-state index contributed by atoms with van der Waals surface area (Å²) in [6.07, 6.45) is 0.983. The number of amides is 1. The molecule has 10 heteroatoms. The van der Waals surface area contributed by atoms with Crippen LogP contribution in [0.25, 0.3) is 10.2 Å². The Labute approximate surface area is 171 Å². The van der Waals surface area contributed by atoms with E-state index in [1.165, 1.54) is 19.1 Å². The Morgan fingerprint density at radius 3 is 2.48 bits per heavy atom. The zero-order chi connectivity index (χ0) is 21.3. The Kier molecular flexibility index (Phi) is 5.76. The molecule has 0 aliphatic carbocycles. The largest absolute Gasteiger partial charge is 0.324 e. The maximum Gasteiger partial charge on any atom is 0.308 e. The van der Waals surface area contributed by atoms with Gasteiger partial charge in [-0.1, -0.05) is 11.3 Å². The molecule has 0 saturated heterocycles. The third-order valence-corrected chi connectivity index (χ3v) is 6.61. The van der Waals surface area contributed by atoms with Crippen LogP contribution in [-0.4, -0.2) is 31.2 Å². The summed E-state index contributed by atoms with van der Waals surface area (Å²) in [7, 11) is -3.80. The van der Waals surface area contributed by atoms with E-state index in [-0.39, 0.29) is 10.6 Å². The molecule has 0 aliphatic heterocycles. The predicted octanol–water partition coefficient (Wildman–Crippen LogP) is 3.02. The van der Waals surface area contributed by atoms with Crippen molar-refractivity contribution in [3.8, 4) is 0 Å². The van der Waals surface area contributed by atoms with Crippen LogP contribution in [-0.2, 0) is 21.4 Å². The van der Waals surface area contributed by atoms with Crippen molar-refractivity contribution in [3.63, 3.8) is 0 Å². The van der Waals surface area contributed by atoms with Gasteiger partial charge in [-0.3, -0.25) is 18.5 Å². The van der Waals surface area contributed by atoms with Crippen molar-refractivity contribution in [2.45, 2.75) is 26.4 Å². The molecule has 3 rings (SSSR count). The number of halogens is 1. The Morgan fingerprint density at radius 1 is 1.24 bits per heavy atom. The zero-order valence-corrected chi connectivity index (χ0v) is 17.7. The average Bonchev–Trinajstić information content (AvgIpc) is 2.96. The molecule has 1 atom stereocenters. The smallest absolute Gasteiger partial charge is 0.308 e. The molecule has 2 aromatic carbocycles. The van der Waals surface area contributed by atoms with Crippen molar-refractivity contribution in [1.82, 2.24) is 4.57 Å². The number of benzene rings is 2. The van der Waals surface area contributed by atoms with Gasteiger partial charge in [-0.05, 0) is 56.3 Å². The minimum atomic E-state index is -3.80. The third-order valence-electron chi connectivity index (χ3n) is 4.42. The second-order valence-electron chi connectivity index (χ2n) is 6.50. The van der Waals surface area contributed by atoms with Crippen LogP contribution in [0.3, 0.4) is 0 Å². The first kappa shape index (κ1) is 21.0. The van der Waals surface area contributed by atoms with E-state index in [1.807, 2.05) is 6.92 Å². The molecule has 0 radical (unpaired) electrons. The van der Waals surface area contributed by atoms with E-state index in [2.05, 4.69) is 5.32 Å². The first-order valence-corrected chi connectivity index (χ1v) is 11.5. The Hall–Kier alpha value is -2.72. The molecule has 0 aliphatic rings. The minimum Gasteiger partial charge on any atom is -0.324 e. The lowest BCUT2D eigenvalue weighted by molar-refractivity contribution is -0.116. The second-order valence-corrected chi connectivity index (χ2v) is 9.35. The SMILES string of the molecule is CCn1c(=O)sc2cc(NC(=O)[C@@H](C)N(c3ccc(F)cc3)S(C)(=O)=O)ccc21. The van der Waals surface area contributed by atoms with Crippen LogP contribution in [0, 0.1) is 5.82 Å². The first-order valence-electron chi connectivity index (χ1n) is 8.81. The van der Waals surface area contributed by atoms with E-state index < -0.39 is 27.8 Å². The molecule has 1 heterocycles. The number of nitrogens with zero attached hydrogens (tertiary/aromatic N) is 2. The van der Waals surface area contributed by atoms with Gasteiger partial charge in [0.1, 0.15) is 11.9 Å². The topological polar surface area (TPSA) is 88.5 Å². The number of hydrogen-bond acceptors (Lipinski definition) is 5. The van der Waals surface area contributed by atoms with E-state index in [0.29, 0.717) is 12.2 Å². The van der Waals surface area contributed by atoms with Gasteiger partial charge in [0.05, 0.1) is 22.2 Å². The number of hydrogen-bond donors (Lipinski definition) is 1. The van der Waals surface area contributed by atoms with Crippen LogP contribution in [0.2, 0.25) is 0 Å². The molecule has 29 heavy (non-hydrogen) atoms. The summed E-state index contributed by atoms with van der Waals surface area (Å²) in [6.45, 7) is 3.87. The van der Waals surface area contributed by atoms with Gasteiger partial charge in [0.2, 0.25) is 15.9 Å². The number of anilines is 2. The highest BCUT2D eigenvalue weighted by Crippen LogP contribution is 2.24. The summed E-state index contributed by atoms with van der Waals surface area (Å²) in [5.41, 5.74) is 1.41. The third kappa shape index (κ3) is 4.33. The van der Waals surface area contributed by atoms with Crippen LogP contribution >= 0.6 is 11.3 Å². The van der Waals surface area contributed by atoms with Gasteiger partial charge in [-0.25, -0.2) is 12.8 Å². The maximum atomic E-state index is 13.2. The lowest BCUT2D eigenvalue weighted by Gasteiger charge is -2.28. The number of aryl methyl sites for hydroxylation is 1. The zero-order valence-electron chi connectivity index (χ0n) is 16.0. The highest BCUT2D eigenvalue weighted by Gasteiger charge is 2.29. The van der Waals surface area contributed by atoms with Gasteiger partial charge in [-0.2, -0.15) is 0 Å². The Morgan fingerprint density at radius 2 is 1.90 bits per heavy atom. The van der Waals surface area contributed by atoms with Gasteiger partial charge in [0.25, 0.3) is 0 Å². The van der Waals surface area contributed by atoms with Crippen LogP contribution in [0.5, 0.6) is 0 Å². The summed E-state index contributed by atoms with van der Waals surface area (Å²) in [5.74, 6) is -1.06. The normalized spacial score (nSPS) is 12.7. The van der Waals surface area contributed by atoms with E-state index in [0.717, 1.165) is 44.2 Å². The van der Waals surface area contributed by atoms with Crippen molar-refractivity contribution in [3.05, 3.63) is 57.9 Å². The number of fused-ring (bicyclic) bond motifs is 1. The minimum absolute atomic E-state index is 0.0843. The average molecular weight is 438 g/mol. The molecule has 0 fully saturated rings. The van der Waals surface area contributed by atoms with Crippen molar-refractivity contribution < 1.29 is 17.6 Å². The number of carbonyl (C=O) groups excluding carboxylic acids is 1. The van der Waals surface area contributed by atoms with Crippen LogP contribution in [0.15, 0.2) is 47.3 Å². The van der Waals surface area contributed by atoms with E-state index in [4.69, 9.17) is 0 Å². The van der Waals surface area contributed by atoms with Crippen molar-refractivity contribution >= 4 is 48.9 Å². The Balaban J connectivity index is 1.89. The van der Waals surface area contributed by atoms with Gasteiger partial charge >= 0.3 is 4.87 Å². The Bertz CT molecular complexity index is 1220. The highest BCUT2D eigenvalue weighted by molar-refractivity contribution is 7.92. The molecule has 154 valence electrons. The molecular weight excluding hydrogens is 417 g/mol. The van der Waals surface area contributed by atoms with E-state index in [1.54, 1.807) is 22.8 Å². The molecule has 0 unspecified atom stereocenters. The molecule has 1 N–H and O–H groups in total. The standard InChI is InChI=1S/C19H20FN3O4S2/c1-4-22-16-10-7-14(11-17(16)28-19(22)25)21-18(24)12(2)23(29(3,26)27)15-8-5-13(20)6-9-15/h5-12H,4H2,1-3H3,(H,21,24)/t12-/m1/s1. The highest BCUT2D eigenvalue weighted by atomic mass is 32.2. The van der Waals surface area contributed by atoms with Crippen molar-refractivity contribution in [2.75, 3.05) is 15.9 Å². The van der Waals surface area contributed by atoms with Gasteiger partial charge < -0.3 is 5.32 Å². The summed E-state index contributed by atoms with van der Waals surface area (Å²) in [4.78, 5) is 24.7. The molecule has 0 spiro atoms. The fourth-order valence-corrected chi connectivity index (χ4v) is 5.26. The lowest BCUT2D eigenvalue weighted by Crippen LogP contribution is -2.45. The van der Waals surface area contributed by atoms with Crippen molar-refractivity contribution in [1.29, 1.82) is 0 Å². The molecule has 0 saturated carbocycles. The first-order chi connectivity index (χ1) is 13.6. The summed E-state index contributed by atoms with van der Waals surface area (Å²) in [5, 5.41) is 2.69. The van der Waals surface area contributed by atoms with E-state index in [9.17, 15) is 22.4 Å². The molecule has 7 nitrogen and oxygen atoms in total. The molecule has 0 bridgehead atoms. The maximum absolute atomic E-state index is 13.2. The molecular formula is C19H20FN3O4S2. The van der Waals surface area contributed by atoms with E-state index >= 15 is 0 Å². The van der Waals surface area contributed by atoms with Gasteiger partial charge in [0, 0.05) is 12.2 Å². The van der Waals surface area contributed by atoms with Crippen LogP contribution in [0.1, 0.15) is 13.8 Å². The van der Waals surface area contributed by atoms with Crippen molar-refractivity contribution in [2.24, 2.45) is 0 Å². The number of thiazole rings is 1. The monoisotopic (exact) mass is 437 g/mol. The quantitative estimate of drug-likeness (QED) is 0.642. The van der Waals surface area contributed by atoms with Gasteiger partial charge in [0.15, 0.2) is 0 Å². The fraction of sp³-hybridized carbons (Fsp3) is 0.263. The summed E-state index contributed by atoms with van der Waals surface area (Å²) < 4.78 is 41.1.